The first-order valence-corrected chi connectivity index (χ1v) is 9.51. The van der Waals surface area contributed by atoms with Crippen molar-refractivity contribution in [3.63, 3.8) is 0 Å². The van der Waals surface area contributed by atoms with E-state index in [1.165, 1.54) is 25.1 Å². The maximum Gasteiger partial charge on any atom is 0.344 e. The van der Waals surface area contributed by atoms with E-state index in [2.05, 4.69) is 5.32 Å². The van der Waals surface area contributed by atoms with E-state index in [1.54, 1.807) is 54.6 Å². The number of halogens is 1. The Morgan fingerprint density at radius 3 is 2.16 bits per heavy atom. The number of carbonyl (C=O) groups excluding carboxylic acids is 3. The third-order valence-electron chi connectivity index (χ3n) is 4.32. The minimum atomic E-state index is -1.14. The zero-order valence-corrected chi connectivity index (χ0v) is 16.7. The standard InChI is InChI=1S/C24H20FNO5/c1-16(24(29)26-21-10-6-5-9-20(21)25)31-22(27)15-30-19-13-11-18(12-14-19)23(28)17-7-3-2-4-8-17/h2-14,16H,15H2,1H3,(H,26,29). The molecule has 1 unspecified atom stereocenters. The third-order valence-corrected chi connectivity index (χ3v) is 4.32. The van der Waals surface area contributed by atoms with Crippen LogP contribution in [-0.2, 0) is 14.3 Å². The zero-order valence-electron chi connectivity index (χ0n) is 16.7. The van der Waals surface area contributed by atoms with E-state index in [-0.39, 0.29) is 11.5 Å². The first kappa shape index (κ1) is 21.7. The van der Waals surface area contributed by atoms with Crippen molar-refractivity contribution in [2.24, 2.45) is 0 Å². The van der Waals surface area contributed by atoms with Crippen molar-refractivity contribution in [2.75, 3.05) is 11.9 Å². The van der Waals surface area contributed by atoms with E-state index < -0.39 is 30.4 Å². The van der Waals surface area contributed by atoms with Crippen LogP contribution in [-0.4, -0.2) is 30.4 Å². The van der Waals surface area contributed by atoms with Crippen molar-refractivity contribution in [3.8, 4) is 5.75 Å². The molecule has 0 aliphatic heterocycles. The summed E-state index contributed by atoms with van der Waals surface area (Å²) >= 11 is 0. The Kier molecular flexibility index (Phi) is 7.11. The SMILES string of the molecule is CC(OC(=O)COc1ccc(C(=O)c2ccccc2)cc1)C(=O)Nc1ccccc1F. The van der Waals surface area contributed by atoms with Crippen molar-refractivity contribution in [2.45, 2.75) is 13.0 Å². The molecule has 158 valence electrons. The molecular weight excluding hydrogens is 401 g/mol. The summed E-state index contributed by atoms with van der Waals surface area (Å²) in [6.07, 6.45) is -1.14. The minimum Gasteiger partial charge on any atom is -0.482 e. The number of hydrogen-bond donors (Lipinski definition) is 1. The molecule has 0 heterocycles. The Balaban J connectivity index is 1.48. The van der Waals surface area contributed by atoms with Crippen LogP contribution in [0.3, 0.4) is 0 Å². The number of ether oxygens (including phenoxy) is 2. The lowest BCUT2D eigenvalue weighted by Crippen LogP contribution is -2.31. The first-order chi connectivity index (χ1) is 14.9. The van der Waals surface area contributed by atoms with Crippen molar-refractivity contribution in [1.82, 2.24) is 0 Å². The number of carbonyl (C=O) groups is 3. The van der Waals surface area contributed by atoms with Gasteiger partial charge in [0.1, 0.15) is 11.6 Å². The lowest BCUT2D eigenvalue weighted by molar-refractivity contribution is -0.155. The Morgan fingerprint density at radius 2 is 1.48 bits per heavy atom. The molecule has 1 N–H and O–H groups in total. The van der Waals surface area contributed by atoms with Crippen LogP contribution < -0.4 is 10.1 Å². The van der Waals surface area contributed by atoms with Gasteiger partial charge in [0.2, 0.25) is 0 Å². The molecule has 1 atom stereocenters. The lowest BCUT2D eigenvalue weighted by atomic mass is 10.0. The van der Waals surface area contributed by atoms with Crippen LogP contribution in [0.2, 0.25) is 0 Å². The molecule has 0 saturated heterocycles. The molecule has 0 saturated carbocycles. The molecular formula is C24H20FNO5. The Hall–Kier alpha value is -4.00. The van der Waals surface area contributed by atoms with Crippen LogP contribution >= 0.6 is 0 Å². The number of esters is 1. The van der Waals surface area contributed by atoms with Crippen LogP contribution in [0.5, 0.6) is 5.75 Å². The summed E-state index contributed by atoms with van der Waals surface area (Å²) in [5.41, 5.74) is 1.05. The van der Waals surface area contributed by atoms with E-state index in [9.17, 15) is 18.8 Å². The number of para-hydroxylation sites is 1. The molecule has 6 nitrogen and oxygen atoms in total. The second-order valence-electron chi connectivity index (χ2n) is 6.61. The summed E-state index contributed by atoms with van der Waals surface area (Å²) in [4.78, 5) is 36.4. The summed E-state index contributed by atoms with van der Waals surface area (Å²) in [5.74, 6) is -1.78. The van der Waals surface area contributed by atoms with Gasteiger partial charge in [-0.25, -0.2) is 9.18 Å². The second kappa shape index (κ2) is 10.2. The van der Waals surface area contributed by atoms with E-state index in [0.29, 0.717) is 16.9 Å². The number of benzene rings is 3. The van der Waals surface area contributed by atoms with Crippen LogP contribution in [0, 0.1) is 5.82 Å². The number of rotatable bonds is 8. The van der Waals surface area contributed by atoms with E-state index >= 15 is 0 Å². The van der Waals surface area contributed by atoms with Gasteiger partial charge >= 0.3 is 5.97 Å². The Morgan fingerprint density at radius 1 is 0.871 bits per heavy atom. The van der Waals surface area contributed by atoms with Gasteiger partial charge in [0.25, 0.3) is 5.91 Å². The molecule has 7 heteroatoms. The average molecular weight is 421 g/mol. The number of hydrogen-bond acceptors (Lipinski definition) is 5. The van der Waals surface area contributed by atoms with Crippen LogP contribution in [0.4, 0.5) is 10.1 Å². The van der Waals surface area contributed by atoms with Gasteiger partial charge in [0.05, 0.1) is 5.69 Å². The highest BCUT2D eigenvalue weighted by Crippen LogP contribution is 2.16. The topological polar surface area (TPSA) is 81.7 Å². The van der Waals surface area contributed by atoms with Gasteiger partial charge in [-0.2, -0.15) is 0 Å². The van der Waals surface area contributed by atoms with Crippen molar-refractivity contribution in [3.05, 3.63) is 95.8 Å². The fourth-order valence-electron chi connectivity index (χ4n) is 2.68. The Bertz CT molecular complexity index is 1070. The maximum absolute atomic E-state index is 13.6. The largest absolute Gasteiger partial charge is 0.482 e. The van der Waals surface area contributed by atoms with Crippen molar-refractivity contribution < 1.29 is 28.2 Å². The van der Waals surface area contributed by atoms with E-state index in [4.69, 9.17) is 9.47 Å². The summed E-state index contributed by atoms with van der Waals surface area (Å²) in [5, 5.41) is 2.36. The smallest absolute Gasteiger partial charge is 0.344 e. The lowest BCUT2D eigenvalue weighted by Gasteiger charge is -2.14. The molecule has 0 spiro atoms. The maximum atomic E-state index is 13.6. The molecule has 1 amide bonds. The molecule has 3 rings (SSSR count). The number of anilines is 1. The summed E-state index contributed by atoms with van der Waals surface area (Å²) in [7, 11) is 0. The highest BCUT2D eigenvalue weighted by molar-refractivity contribution is 6.09. The molecule has 0 bridgehead atoms. The van der Waals surface area contributed by atoms with E-state index in [1.807, 2.05) is 6.07 Å². The number of nitrogens with one attached hydrogen (secondary N) is 1. The first-order valence-electron chi connectivity index (χ1n) is 9.51. The predicted molar refractivity (Wildman–Crippen MR) is 112 cm³/mol. The van der Waals surface area contributed by atoms with Gasteiger partial charge in [-0.05, 0) is 43.3 Å². The van der Waals surface area contributed by atoms with Crippen molar-refractivity contribution >= 4 is 23.3 Å². The number of ketones is 1. The highest BCUT2D eigenvalue weighted by Gasteiger charge is 2.19. The third kappa shape index (κ3) is 5.99. The molecule has 0 aromatic heterocycles. The average Bonchev–Trinajstić information content (AvgIpc) is 2.79. The van der Waals surface area contributed by atoms with E-state index in [0.717, 1.165) is 0 Å². The summed E-state index contributed by atoms with van der Waals surface area (Å²) in [6.45, 7) is 0.946. The van der Waals surface area contributed by atoms with Crippen molar-refractivity contribution in [1.29, 1.82) is 0 Å². The summed E-state index contributed by atoms with van der Waals surface area (Å²) in [6, 6.07) is 20.9. The van der Waals surface area contributed by atoms with Crippen LogP contribution in [0.1, 0.15) is 22.8 Å². The van der Waals surface area contributed by atoms with Gasteiger partial charge in [0, 0.05) is 11.1 Å². The molecule has 3 aromatic rings. The molecule has 31 heavy (non-hydrogen) atoms. The van der Waals surface area contributed by atoms with Gasteiger partial charge in [-0.15, -0.1) is 0 Å². The molecule has 3 aromatic carbocycles. The molecule has 0 fully saturated rings. The minimum absolute atomic E-state index is 0.00297. The van der Waals surface area contributed by atoms with Gasteiger partial charge in [-0.1, -0.05) is 42.5 Å². The molecule has 0 aliphatic rings. The number of amides is 1. The quantitative estimate of drug-likeness (QED) is 0.439. The highest BCUT2D eigenvalue weighted by atomic mass is 19.1. The van der Waals surface area contributed by atoms with Gasteiger partial charge in [-0.3, -0.25) is 9.59 Å². The Labute approximate surface area is 178 Å². The normalized spacial score (nSPS) is 11.3. The van der Waals surface area contributed by atoms with Gasteiger partial charge in [0.15, 0.2) is 18.5 Å². The van der Waals surface area contributed by atoms with Crippen LogP contribution in [0.15, 0.2) is 78.9 Å². The fraction of sp³-hybridized carbons (Fsp3) is 0.125. The fourth-order valence-corrected chi connectivity index (χ4v) is 2.68. The molecule has 0 radical (unpaired) electrons. The zero-order chi connectivity index (χ0) is 22.2. The second-order valence-corrected chi connectivity index (χ2v) is 6.61. The summed E-state index contributed by atoms with van der Waals surface area (Å²) < 4.78 is 24.0. The van der Waals surface area contributed by atoms with Gasteiger partial charge < -0.3 is 14.8 Å². The van der Waals surface area contributed by atoms with Crippen LogP contribution in [0.25, 0.3) is 0 Å². The monoisotopic (exact) mass is 421 g/mol. The molecule has 0 aliphatic carbocycles. The predicted octanol–water partition coefficient (Wildman–Crippen LogP) is 4.01.